The Morgan fingerprint density at radius 2 is 2.27 bits per heavy atom. The van der Waals surface area contributed by atoms with E-state index >= 15 is 0 Å². The van der Waals surface area contributed by atoms with Crippen molar-refractivity contribution in [2.75, 3.05) is 7.11 Å². The molecule has 0 unspecified atom stereocenters. The summed E-state index contributed by atoms with van der Waals surface area (Å²) in [5, 5.41) is 8.40. The average molecular weight is 216 g/mol. The largest absolute Gasteiger partial charge is 0.492 e. The molecule has 0 aliphatic rings. The first-order valence-corrected chi connectivity index (χ1v) is 3.98. The van der Waals surface area contributed by atoms with E-state index in [0.29, 0.717) is 0 Å². The van der Waals surface area contributed by atoms with Crippen LogP contribution in [0.25, 0.3) is 0 Å². The van der Waals surface area contributed by atoms with Crippen molar-refractivity contribution in [3.63, 3.8) is 0 Å². The number of ether oxygens (including phenoxy) is 1. The van der Waals surface area contributed by atoms with E-state index in [2.05, 4.69) is 9.72 Å². The highest BCUT2D eigenvalue weighted by Crippen LogP contribution is 2.33. The lowest BCUT2D eigenvalue weighted by Crippen LogP contribution is -2.03. The lowest BCUT2D eigenvalue weighted by atomic mass is 10.1. The maximum atomic E-state index is 13.0. The van der Waals surface area contributed by atoms with Gasteiger partial charge < -0.3 is 4.74 Å². The fourth-order valence-corrected chi connectivity index (χ4v) is 1.18. The molecule has 0 radical (unpaired) electrons. The summed E-state index contributed by atoms with van der Waals surface area (Å²) in [6.07, 6.45) is -2.24. The molecule has 0 aromatic carbocycles. The van der Waals surface area contributed by atoms with Crippen LogP contribution in [0, 0.1) is 17.3 Å². The van der Waals surface area contributed by atoms with Crippen LogP contribution in [0.1, 0.15) is 17.6 Å². The Labute approximate surface area is 84.1 Å². The normalized spacial score (nSPS) is 10.1. The topological polar surface area (TPSA) is 45.9 Å². The Morgan fingerprint density at radius 3 is 2.73 bits per heavy atom. The van der Waals surface area contributed by atoms with Crippen molar-refractivity contribution in [2.45, 2.75) is 12.8 Å². The van der Waals surface area contributed by atoms with E-state index in [1.807, 2.05) is 0 Å². The van der Waals surface area contributed by atoms with Gasteiger partial charge in [-0.25, -0.2) is 13.8 Å². The predicted molar refractivity (Wildman–Crippen MR) is 45.0 cm³/mol. The van der Waals surface area contributed by atoms with Crippen LogP contribution in [0.15, 0.2) is 6.20 Å². The maximum absolute atomic E-state index is 13.0. The minimum absolute atomic E-state index is 0.0225. The van der Waals surface area contributed by atoms with Gasteiger partial charge in [0.2, 0.25) is 0 Å². The van der Waals surface area contributed by atoms with Gasteiger partial charge in [0.1, 0.15) is 0 Å². The summed E-state index contributed by atoms with van der Waals surface area (Å²) in [5.74, 6) is -1.70. The third-order valence-electron chi connectivity index (χ3n) is 1.80. The monoisotopic (exact) mass is 216 g/mol. The highest BCUT2D eigenvalue weighted by molar-refractivity contribution is 5.40. The summed E-state index contributed by atoms with van der Waals surface area (Å²) < 4.78 is 42.7. The van der Waals surface area contributed by atoms with Crippen LogP contribution in [0.4, 0.5) is 13.2 Å². The predicted octanol–water partition coefficient (Wildman–Crippen LogP) is 2.23. The van der Waals surface area contributed by atoms with Crippen molar-refractivity contribution in [1.82, 2.24) is 4.98 Å². The molecule has 0 bridgehead atoms. The van der Waals surface area contributed by atoms with Gasteiger partial charge in [-0.05, 0) is 5.56 Å². The number of hydrogen-bond acceptors (Lipinski definition) is 3. The van der Waals surface area contributed by atoms with E-state index in [-0.39, 0.29) is 12.0 Å². The van der Waals surface area contributed by atoms with Crippen LogP contribution in [0.5, 0.6) is 5.75 Å². The first kappa shape index (κ1) is 11.3. The van der Waals surface area contributed by atoms with Gasteiger partial charge in [0.25, 0.3) is 12.4 Å². The molecule has 1 aromatic rings. The van der Waals surface area contributed by atoms with E-state index in [1.54, 1.807) is 6.07 Å². The zero-order chi connectivity index (χ0) is 11.4. The highest BCUT2D eigenvalue weighted by Gasteiger charge is 2.22. The summed E-state index contributed by atoms with van der Waals surface area (Å²) in [5.41, 5.74) is -0.627. The standard InChI is InChI=1S/C9H7F3N2O/c1-15-7-6(8(10)11)5(2-3-13)4-14-9(7)12/h4,8H,2H2,1H3. The first-order valence-electron chi connectivity index (χ1n) is 3.98. The number of alkyl halides is 2. The lowest BCUT2D eigenvalue weighted by molar-refractivity contribution is 0.144. The number of methoxy groups -OCH3 is 1. The zero-order valence-corrected chi connectivity index (χ0v) is 7.80. The third kappa shape index (κ3) is 2.18. The Balaban J connectivity index is 3.36. The number of halogens is 3. The molecule has 6 heteroatoms. The summed E-state index contributed by atoms with van der Waals surface area (Å²) in [7, 11) is 1.07. The van der Waals surface area contributed by atoms with Gasteiger partial charge in [0, 0.05) is 6.20 Å². The van der Waals surface area contributed by atoms with Gasteiger partial charge in [-0.2, -0.15) is 9.65 Å². The molecule has 0 atom stereocenters. The van der Waals surface area contributed by atoms with E-state index in [4.69, 9.17) is 5.26 Å². The highest BCUT2D eigenvalue weighted by atomic mass is 19.3. The second-order valence-corrected chi connectivity index (χ2v) is 2.66. The molecular formula is C9H7F3N2O. The van der Waals surface area contributed by atoms with Gasteiger partial charge in [-0.1, -0.05) is 0 Å². The van der Waals surface area contributed by atoms with Gasteiger partial charge in [-0.3, -0.25) is 0 Å². The molecule has 0 amide bonds. The van der Waals surface area contributed by atoms with Gasteiger partial charge >= 0.3 is 0 Å². The molecule has 0 spiro atoms. The van der Waals surface area contributed by atoms with Crippen molar-refractivity contribution in [2.24, 2.45) is 0 Å². The molecule has 1 rings (SSSR count). The van der Waals surface area contributed by atoms with E-state index in [0.717, 1.165) is 13.3 Å². The third-order valence-corrected chi connectivity index (χ3v) is 1.80. The molecule has 1 heterocycles. The fourth-order valence-electron chi connectivity index (χ4n) is 1.18. The van der Waals surface area contributed by atoms with Crippen LogP contribution in [0.3, 0.4) is 0 Å². The summed E-state index contributed by atoms with van der Waals surface area (Å²) in [4.78, 5) is 3.24. The quantitative estimate of drug-likeness (QED) is 0.728. The molecule has 0 saturated carbocycles. The van der Waals surface area contributed by atoms with Gasteiger partial charge in [0.05, 0.1) is 25.2 Å². The van der Waals surface area contributed by atoms with Crippen LogP contribution in [0.2, 0.25) is 0 Å². The Hall–Kier alpha value is -1.77. The van der Waals surface area contributed by atoms with Gasteiger partial charge in [0.15, 0.2) is 5.75 Å². The number of pyridine rings is 1. The van der Waals surface area contributed by atoms with Crippen molar-refractivity contribution in [3.8, 4) is 11.8 Å². The lowest BCUT2D eigenvalue weighted by Gasteiger charge is -2.11. The van der Waals surface area contributed by atoms with Gasteiger partial charge in [-0.15, -0.1) is 0 Å². The molecule has 0 fully saturated rings. The Kier molecular flexibility index (Phi) is 3.50. The first-order chi connectivity index (χ1) is 7.11. The van der Waals surface area contributed by atoms with E-state index in [9.17, 15) is 13.2 Å². The number of nitriles is 1. The average Bonchev–Trinajstić information content (AvgIpc) is 2.20. The van der Waals surface area contributed by atoms with Crippen LogP contribution < -0.4 is 4.74 Å². The summed E-state index contributed by atoms with van der Waals surface area (Å²) in [6.45, 7) is 0. The number of rotatable bonds is 3. The molecule has 0 aliphatic carbocycles. The molecule has 0 saturated heterocycles. The number of aromatic nitrogens is 1. The van der Waals surface area contributed by atoms with E-state index < -0.39 is 23.7 Å². The number of hydrogen-bond donors (Lipinski definition) is 0. The second kappa shape index (κ2) is 4.64. The second-order valence-electron chi connectivity index (χ2n) is 2.66. The van der Waals surface area contributed by atoms with Crippen molar-refractivity contribution in [1.29, 1.82) is 5.26 Å². The number of nitrogens with zero attached hydrogens (tertiary/aromatic N) is 2. The Morgan fingerprint density at radius 1 is 1.60 bits per heavy atom. The molecule has 1 aromatic heterocycles. The summed E-state index contributed by atoms with van der Waals surface area (Å²) in [6, 6.07) is 1.70. The molecule has 80 valence electrons. The van der Waals surface area contributed by atoms with E-state index in [1.165, 1.54) is 0 Å². The smallest absolute Gasteiger partial charge is 0.267 e. The van der Waals surface area contributed by atoms with Crippen LogP contribution in [-0.2, 0) is 6.42 Å². The SMILES string of the molecule is COc1c(F)ncc(CC#N)c1C(F)F. The fraction of sp³-hybridized carbons (Fsp3) is 0.333. The molecule has 0 N–H and O–H groups in total. The van der Waals surface area contributed by atoms with Crippen molar-refractivity contribution >= 4 is 0 Å². The Bertz CT molecular complexity index is 401. The summed E-state index contributed by atoms with van der Waals surface area (Å²) >= 11 is 0. The van der Waals surface area contributed by atoms with Crippen molar-refractivity contribution in [3.05, 3.63) is 23.3 Å². The molecule has 15 heavy (non-hydrogen) atoms. The molecule has 0 aliphatic heterocycles. The minimum Gasteiger partial charge on any atom is -0.492 e. The zero-order valence-electron chi connectivity index (χ0n) is 7.80. The maximum Gasteiger partial charge on any atom is 0.267 e. The van der Waals surface area contributed by atoms with Crippen LogP contribution in [-0.4, -0.2) is 12.1 Å². The molecule has 3 nitrogen and oxygen atoms in total. The van der Waals surface area contributed by atoms with Crippen LogP contribution >= 0.6 is 0 Å². The minimum atomic E-state index is -2.90. The van der Waals surface area contributed by atoms with Crippen molar-refractivity contribution < 1.29 is 17.9 Å². The molecular weight excluding hydrogens is 209 g/mol.